The fraction of sp³-hybridized carbons (Fsp3) is 0.250. The Kier molecular flexibility index (Phi) is 6.00. The number of benzene rings is 1. The summed E-state index contributed by atoms with van der Waals surface area (Å²) in [5, 5.41) is 8.54. The number of fused-ring (bicyclic) bond motifs is 1. The predicted molar refractivity (Wildman–Crippen MR) is 135 cm³/mol. The first-order valence-corrected chi connectivity index (χ1v) is 11.8. The number of anilines is 2. The van der Waals surface area contributed by atoms with E-state index in [1.807, 2.05) is 24.3 Å². The van der Waals surface area contributed by atoms with E-state index in [9.17, 15) is 0 Å². The smallest absolute Gasteiger partial charge is 0.226 e. The number of thiazole rings is 1. The number of nitrogens with zero attached hydrogens (tertiary/aromatic N) is 5. The zero-order valence-corrected chi connectivity index (χ0v) is 20.6. The van der Waals surface area contributed by atoms with Gasteiger partial charge in [-0.05, 0) is 35.7 Å². The minimum Gasteiger partial charge on any atom is -0.493 e. The minimum absolute atomic E-state index is 0.246. The number of nitrogens with two attached hydrogens (primary N) is 1. The van der Waals surface area contributed by atoms with Crippen LogP contribution in [0.3, 0.4) is 0 Å². The maximum atomic E-state index is 6.06. The largest absolute Gasteiger partial charge is 0.493 e. The molecule has 0 unspecified atom stereocenters. The zero-order chi connectivity index (χ0) is 24.5. The molecule has 4 aromatic heterocycles. The Morgan fingerprint density at radius 1 is 1.14 bits per heavy atom. The Balaban J connectivity index is 1.57. The van der Waals surface area contributed by atoms with Crippen molar-refractivity contribution in [3.8, 4) is 34.3 Å². The second-order valence-electron chi connectivity index (χ2n) is 8.11. The molecule has 0 aliphatic heterocycles. The molecule has 0 atom stereocenters. The average Bonchev–Trinajstić information content (AvgIpc) is 3.61. The van der Waals surface area contributed by atoms with Gasteiger partial charge < -0.3 is 24.9 Å². The minimum atomic E-state index is 0.246. The van der Waals surface area contributed by atoms with Gasteiger partial charge in [-0.3, -0.25) is 0 Å². The number of hydrogen-bond acceptors (Lipinski definition) is 10. The molecular formula is C24H25N7O3S. The molecule has 0 spiro atoms. The van der Waals surface area contributed by atoms with Crippen LogP contribution in [-0.2, 0) is 6.54 Å². The molecule has 0 saturated carbocycles. The lowest BCUT2D eigenvalue weighted by molar-refractivity contribution is 0.354. The van der Waals surface area contributed by atoms with Crippen LogP contribution in [0.4, 0.5) is 11.1 Å². The number of ether oxygens (including phenoxy) is 2. The van der Waals surface area contributed by atoms with Crippen LogP contribution >= 0.6 is 11.3 Å². The van der Waals surface area contributed by atoms with Gasteiger partial charge >= 0.3 is 0 Å². The lowest BCUT2D eigenvalue weighted by atomic mass is 10.1. The van der Waals surface area contributed by atoms with E-state index >= 15 is 0 Å². The quantitative estimate of drug-likeness (QED) is 0.313. The highest BCUT2D eigenvalue weighted by Crippen LogP contribution is 2.37. The van der Waals surface area contributed by atoms with Crippen LogP contribution in [0.2, 0.25) is 0 Å². The van der Waals surface area contributed by atoms with Crippen molar-refractivity contribution in [1.82, 2.24) is 24.6 Å². The van der Waals surface area contributed by atoms with E-state index in [0.29, 0.717) is 46.4 Å². The fourth-order valence-corrected chi connectivity index (χ4v) is 4.63. The Hall–Kier alpha value is -4.12. The van der Waals surface area contributed by atoms with Crippen LogP contribution < -0.4 is 20.5 Å². The number of methoxy groups -OCH3 is 2. The number of nitrogen functional groups attached to an aromatic ring is 1. The molecule has 0 radical (unpaired) electrons. The Morgan fingerprint density at radius 3 is 2.69 bits per heavy atom. The molecule has 0 amide bonds. The van der Waals surface area contributed by atoms with Crippen LogP contribution in [0.25, 0.3) is 28.5 Å². The van der Waals surface area contributed by atoms with E-state index in [-0.39, 0.29) is 5.92 Å². The highest BCUT2D eigenvalue weighted by atomic mass is 32.1. The van der Waals surface area contributed by atoms with Gasteiger partial charge in [0, 0.05) is 17.6 Å². The van der Waals surface area contributed by atoms with Gasteiger partial charge in [-0.15, -0.1) is 16.4 Å². The van der Waals surface area contributed by atoms with E-state index in [4.69, 9.17) is 24.6 Å². The summed E-state index contributed by atoms with van der Waals surface area (Å²) in [6.07, 6.45) is 3.35. The monoisotopic (exact) mass is 491 g/mol. The van der Waals surface area contributed by atoms with Crippen LogP contribution in [0.15, 0.2) is 47.2 Å². The highest BCUT2D eigenvalue weighted by Gasteiger charge is 2.22. The van der Waals surface area contributed by atoms with Gasteiger partial charge in [0.15, 0.2) is 28.0 Å². The SMILES string of the molecule is COc1ccc(CNc2ncc(-c3nc(N)sc3C(C)C)c3nc(-c4ccco4)nn23)cc1OC. The van der Waals surface area contributed by atoms with Gasteiger partial charge in [0.05, 0.1) is 31.7 Å². The topological polar surface area (TPSA) is 126 Å². The van der Waals surface area contributed by atoms with Gasteiger partial charge in [0.2, 0.25) is 11.8 Å². The first-order valence-electron chi connectivity index (χ1n) is 11.0. The van der Waals surface area contributed by atoms with Gasteiger partial charge in [-0.25, -0.2) is 15.0 Å². The molecule has 0 aliphatic rings. The van der Waals surface area contributed by atoms with Gasteiger partial charge in [0.1, 0.15) is 0 Å². The maximum Gasteiger partial charge on any atom is 0.226 e. The molecule has 5 rings (SSSR count). The lowest BCUT2D eigenvalue weighted by Gasteiger charge is -2.12. The Bertz CT molecular complexity index is 1470. The summed E-state index contributed by atoms with van der Waals surface area (Å²) in [7, 11) is 3.22. The van der Waals surface area contributed by atoms with E-state index in [1.54, 1.807) is 37.3 Å². The van der Waals surface area contributed by atoms with Crippen LogP contribution in [0.5, 0.6) is 11.5 Å². The molecule has 35 heavy (non-hydrogen) atoms. The normalized spacial score (nSPS) is 11.3. The lowest BCUT2D eigenvalue weighted by Crippen LogP contribution is -2.08. The van der Waals surface area contributed by atoms with E-state index < -0.39 is 0 Å². The zero-order valence-electron chi connectivity index (χ0n) is 19.8. The van der Waals surface area contributed by atoms with Crippen molar-refractivity contribution in [2.45, 2.75) is 26.3 Å². The number of nitrogens with one attached hydrogen (secondary N) is 1. The highest BCUT2D eigenvalue weighted by molar-refractivity contribution is 7.15. The van der Waals surface area contributed by atoms with Crippen molar-refractivity contribution in [2.75, 3.05) is 25.3 Å². The Labute approximate surface area is 205 Å². The fourth-order valence-electron chi connectivity index (χ4n) is 3.78. The summed E-state index contributed by atoms with van der Waals surface area (Å²) in [6, 6.07) is 9.36. The summed E-state index contributed by atoms with van der Waals surface area (Å²) in [6.45, 7) is 4.70. The van der Waals surface area contributed by atoms with Crippen LogP contribution in [-0.4, -0.2) is 38.8 Å². The van der Waals surface area contributed by atoms with Crippen molar-refractivity contribution in [1.29, 1.82) is 0 Å². The van der Waals surface area contributed by atoms with Crippen molar-refractivity contribution in [3.63, 3.8) is 0 Å². The third-order valence-electron chi connectivity index (χ3n) is 5.45. The van der Waals surface area contributed by atoms with Crippen molar-refractivity contribution in [2.24, 2.45) is 0 Å². The van der Waals surface area contributed by atoms with Gasteiger partial charge in [0.25, 0.3) is 0 Å². The molecule has 0 fully saturated rings. The predicted octanol–water partition coefficient (Wildman–Crippen LogP) is 4.84. The summed E-state index contributed by atoms with van der Waals surface area (Å²) >= 11 is 1.47. The number of aromatic nitrogens is 5. The second-order valence-corrected chi connectivity index (χ2v) is 9.17. The van der Waals surface area contributed by atoms with Gasteiger partial charge in [-0.2, -0.15) is 4.52 Å². The molecule has 0 aliphatic carbocycles. The number of furan rings is 1. The van der Waals surface area contributed by atoms with Crippen molar-refractivity contribution < 1.29 is 13.9 Å². The number of rotatable bonds is 8. The molecule has 5 aromatic rings. The van der Waals surface area contributed by atoms with E-state index in [0.717, 1.165) is 21.7 Å². The van der Waals surface area contributed by atoms with E-state index in [2.05, 4.69) is 34.2 Å². The summed E-state index contributed by atoms with van der Waals surface area (Å²) < 4.78 is 18.0. The molecule has 4 heterocycles. The number of hydrogen-bond donors (Lipinski definition) is 2. The molecule has 3 N–H and O–H groups in total. The van der Waals surface area contributed by atoms with Gasteiger partial charge in [-0.1, -0.05) is 19.9 Å². The molecule has 0 bridgehead atoms. The van der Waals surface area contributed by atoms with Crippen molar-refractivity contribution >= 4 is 28.1 Å². The molecule has 10 nitrogen and oxygen atoms in total. The molecule has 1 aromatic carbocycles. The molecular weight excluding hydrogens is 466 g/mol. The first-order chi connectivity index (χ1) is 17.0. The third-order valence-corrected chi connectivity index (χ3v) is 6.64. The van der Waals surface area contributed by atoms with E-state index in [1.165, 1.54) is 11.3 Å². The second kappa shape index (κ2) is 9.26. The maximum absolute atomic E-state index is 6.06. The van der Waals surface area contributed by atoms with Crippen LogP contribution in [0, 0.1) is 0 Å². The molecule has 0 saturated heterocycles. The van der Waals surface area contributed by atoms with Crippen LogP contribution in [0.1, 0.15) is 30.2 Å². The standard InChI is InChI=1S/C24H25N7O3S/c1-13(2)20-19(28-23(25)35-20)15-12-27-24(26-11-14-7-8-16(32-3)18(10-14)33-4)31-22(15)29-21(30-31)17-6-5-9-34-17/h5-10,12-13H,11H2,1-4H3,(H2,25,28)(H,26,27). The Morgan fingerprint density at radius 2 is 1.97 bits per heavy atom. The first kappa shape index (κ1) is 22.7. The summed E-state index contributed by atoms with van der Waals surface area (Å²) in [5.74, 6) is 3.11. The van der Waals surface area contributed by atoms with Crippen molar-refractivity contribution in [3.05, 3.63) is 53.2 Å². The summed E-state index contributed by atoms with van der Waals surface area (Å²) in [4.78, 5) is 15.1. The summed E-state index contributed by atoms with van der Waals surface area (Å²) in [5.41, 5.74) is 9.18. The third kappa shape index (κ3) is 4.26. The molecule has 11 heteroatoms. The molecule has 180 valence electrons. The average molecular weight is 492 g/mol.